The smallest absolute Gasteiger partial charge is 0.434 e. The van der Waals surface area contributed by atoms with Crippen LogP contribution in [0.5, 0.6) is 5.75 Å². The first-order valence-electron chi connectivity index (χ1n) is 13.6. The number of likely N-dealkylation sites (tertiary alicyclic amines) is 1. The number of thiophene rings is 1. The van der Waals surface area contributed by atoms with Crippen molar-refractivity contribution in [2.75, 3.05) is 13.1 Å². The highest BCUT2D eigenvalue weighted by atomic mass is 32.1. The number of rotatable bonds is 8. The number of alkyl halides is 3. The lowest BCUT2D eigenvalue weighted by molar-refractivity contribution is -0.143. The molecule has 6 rings (SSSR count). The predicted octanol–water partition coefficient (Wildman–Crippen LogP) is 6.41. The first-order valence-corrected chi connectivity index (χ1v) is 14.5. The van der Waals surface area contributed by atoms with Crippen LogP contribution in [0.1, 0.15) is 58.8 Å². The molecular weight excluding hydrogens is 569 g/mol. The molecule has 8 nitrogen and oxygen atoms in total. The predicted molar refractivity (Wildman–Crippen MR) is 149 cm³/mol. The molecule has 0 atom stereocenters. The van der Waals surface area contributed by atoms with Gasteiger partial charge in [0.2, 0.25) is 5.91 Å². The summed E-state index contributed by atoms with van der Waals surface area (Å²) in [6, 6.07) is 14.4. The number of carboxylic acid groups (broad SMARTS) is 1. The van der Waals surface area contributed by atoms with Gasteiger partial charge in [-0.05, 0) is 72.9 Å². The van der Waals surface area contributed by atoms with Gasteiger partial charge in [-0.3, -0.25) is 4.79 Å². The lowest BCUT2D eigenvalue weighted by Gasteiger charge is -2.32. The van der Waals surface area contributed by atoms with E-state index < -0.39 is 23.4 Å². The van der Waals surface area contributed by atoms with Crippen LogP contribution in [-0.4, -0.2) is 49.7 Å². The zero-order valence-corrected chi connectivity index (χ0v) is 23.2. The SMILES string of the molecule is O=C(O)c1cnn(-c2cccc(-c3sccc3COc3ccc(C4CCN(C(=O)C5CC5)CC4)cc3)n2)c1C(F)(F)F. The van der Waals surface area contributed by atoms with Crippen molar-refractivity contribution in [2.45, 2.75) is 44.4 Å². The molecule has 42 heavy (non-hydrogen) atoms. The van der Waals surface area contributed by atoms with E-state index in [9.17, 15) is 27.9 Å². The maximum absolute atomic E-state index is 13.7. The minimum atomic E-state index is -4.94. The van der Waals surface area contributed by atoms with Gasteiger partial charge >= 0.3 is 12.1 Å². The van der Waals surface area contributed by atoms with Gasteiger partial charge in [0.05, 0.1) is 16.8 Å². The summed E-state index contributed by atoms with van der Waals surface area (Å²) in [7, 11) is 0. The van der Waals surface area contributed by atoms with Gasteiger partial charge < -0.3 is 14.7 Å². The Bertz CT molecular complexity index is 1600. The van der Waals surface area contributed by atoms with Crippen molar-refractivity contribution >= 4 is 23.2 Å². The number of piperidine rings is 1. The van der Waals surface area contributed by atoms with Gasteiger partial charge in [0, 0.05) is 24.6 Å². The zero-order chi connectivity index (χ0) is 29.4. The van der Waals surface area contributed by atoms with Crippen molar-refractivity contribution in [3.63, 3.8) is 0 Å². The number of carbonyl (C=O) groups excluding carboxylic acids is 1. The average Bonchev–Trinajstić information content (AvgIpc) is 3.54. The molecule has 0 unspecified atom stereocenters. The van der Waals surface area contributed by atoms with Crippen LogP contribution >= 0.6 is 11.3 Å². The Kier molecular flexibility index (Phi) is 7.48. The maximum Gasteiger partial charge on any atom is 0.434 e. The van der Waals surface area contributed by atoms with Crippen LogP contribution in [0.15, 0.2) is 60.1 Å². The quantitative estimate of drug-likeness (QED) is 0.253. The van der Waals surface area contributed by atoms with Crippen molar-refractivity contribution in [2.24, 2.45) is 5.92 Å². The summed E-state index contributed by atoms with van der Waals surface area (Å²) >= 11 is 1.37. The summed E-state index contributed by atoms with van der Waals surface area (Å²) in [5, 5.41) is 14.7. The Hall–Kier alpha value is -4.19. The maximum atomic E-state index is 13.7. The first-order chi connectivity index (χ1) is 20.2. The molecule has 1 saturated carbocycles. The number of carbonyl (C=O) groups is 2. The van der Waals surface area contributed by atoms with Crippen LogP contribution in [0.2, 0.25) is 0 Å². The lowest BCUT2D eigenvalue weighted by Crippen LogP contribution is -2.38. The Morgan fingerprint density at radius 1 is 1.02 bits per heavy atom. The molecule has 1 N–H and O–H groups in total. The number of aromatic nitrogens is 3. The van der Waals surface area contributed by atoms with Gasteiger partial charge in [-0.2, -0.15) is 18.3 Å². The molecule has 0 bridgehead atoms. The van der Waals surface area contributed by atoms with Gasteiger partial charge in [-0.15, -0.1) is 11.3 Å². The van der Waals surface area contributed by atoms with E-state index in [0.717, 1.165) is 49.2 Å². The average molecular weight is 597 g/mol. The fraction of sp³-hybridized carbons (Fsp3) is 0.333. The normalized spacial score (nSPS) is 16.0. The number of hydrogen-bond donors (Lipinski definition) is 1. The van der Waals surface area contributed by atoms with E-state index in [1.807, 2.05) is 28.5 Å². The summed E-state index contributed by atoms with van der Waals surface area (Å²) in [6.45, 7) is 1.82. The van der Waals surface area contributed by atoms with Crippen LogP contribution in [0.3, 0.4) is 0 Å². The van der Waals surface area contributed by atoms with E-state index in [-0.39, 0.29) is 18.3 Å². The Labute approximate surface area is 243 Å². The van der Waals surface area contributed by atoms with Crippen LogP contribution in [0.25, 0.3) is 16.4 Å². The minimum absolute atomic E-state index is 0.147. The molecule has 0 spiro atoms. The highest BCUT2D eigenvalue weighted by Crippen LogP contribution is 2.36. The van der Waals surface area contributed by atoms with E-state index in [4.69, 9.17) is 4.74 Å². The standard InChI is InChI=1S/C30H27F3N4O4S/c31-30(32,33)27-23(29(39)40)16-34-37(27)25-3-1-2-24(35-25)26-21(12-15-42-26)17-41-22-8-6-18(7-9-22)19-10-13-36(14-11-19)28(38)20-4-5-20/h1-3,6-9,12,15-16,19-20H,4-5,10-11,13-14,17H2,(H,39,40). The van der Waals surface area contributed by atoms with Gasteiger partial charge in [0.1, 0.15) is 17.9 Å². The number of amides is 1. The van der Waals surface area contributed by atoms with Crippen LogP contribution in [0.4, 0.5) is 13.2 Å². The monoisotopic (exact) mass is 596 g/mol. The molecule has 1 aliphatic carbocycles. The van der Waals surface area contributed by atoms with E-state index in [1.165, 1.54) is 23.0 Å². The largest absolute Gasteiger partial charge is 0.489 e. The van der Waals surface area contributed by atoms with Crippen molar-refractivity contribution in [3.8, 4) is 22.1 Å². The fourth-order valence-corrected chi connectivity index (χ4v) is 6.19. The molecule has 12 heteroatoms. The van der Waals surface area contributed by atoms with E-state index in [2.05, 4.69) is 22.2 Å². The third-order valence-electron chi connectivity index (χ3n) is 7.68. The number of aromatic carboxylic acids is 1. The molecule has 1 aromatic carbocycles. The summed E-state index contributed by atoms with van der Waals surface area (Å²) in [5.41, 5.74) is 0.115. The molecule has 1 saturated heterocycles. The molecule has 3 aromatic heterocycles. The molecular formula is C30H27F3N4O4S. The van der Waals surface area contributed by atoms with Crippen LogP contribution in [0, 0.1) is 5.92 Å². The number of nitrogens with zero attached hydrogens (tertiary/aromatic N) is 4. The van der Waals surface area contributed by atoms with Gasteiger partial charge in [-0.1, -0.05) is 18.2 Å². The van der Waals surface area contributed by atoms with Crippen LogP contribution < -0.4 is 4.74 Å². The first kappa shape index (κ1) is 28.0. The van der Waals surface area contributed by atoms with Crippen molar-refractivity contribution < 1.29 is 32.6 Å². The molecule has 2 aliphatic rings. The Morgan fingerprint density at radius 3 is 2.43 bits per heavy atom. The minimum Gasteiger partial charge on any atom is -0.489 e. The Balaban J connectivity index is 1.13. The number of pyridine rings is 1. The molecule has 1 amide bonds. The number of carboxylic acids is 1. The Morgan fingerprint density at radius 2 is 1.76 bits per heavy atom. The summed E-state index contributed by atoms with van der Waals surface area (Å²) < 4.78 is 47.7. The number of ether oxygens (including phenoxy) is 1. The highest BCUT2D eigenvalue weighted by molar-refractivity contribution is 7.13. The zero-order valence-electron chi connectivity index (χ0n) is 22.4. The topological polar surface area (TPSA) is 97.5 Å². The van der Waals surface area contributed by atoms with E-state index >= 15 is 0 Å². The lowest BCUT2D eigenvalue weighted by atomic mass is 9.89. The number of hydrogen-bond acceptors (Lipinski definition) is 6. The van der Waals surface area contributed by atoms with Crippen molar-refractivity contribution in [3.05, 3.63) is 82.5 Å². The van der Waals surface area contributed by atoms with Gasteiger partial charge in [0.15, 0.2) is 11.5 Å². The van der Waals surface area contributed by atoms with Crippen molar-refractivity contribution in [1.29, 1.82) is 0 Å². The summed E-state index contributed by atoms with van der Waals surface area (Å²) in [4.78, 5) is 30.8. The third-order valence-corrected chi connectivity index (χ3v) is 8.66. The molecule has 2 fully saturated rings. The fourth-order valence-electron chi connectivity index (χ4n) is 5.31. The van der Waals surface area contributed by atoms with Gasteiger partial charge in [0.25, 0.3) is 0 Å². The summed E-state index contributed by atoms with van der Waals surface area (Å²) in [5.74, 6) is -0.208. The second-order valence-electron chi connectivity index (χ2n) is 10.5. The molecule has 4 aromatic rings. The summed E-state index contributed by atoms with van der Waals surface area (Å²) in [6.07, 6.45) is -0.313. The van der Waals surface area contributed by atoms with E-state index in [1.54, 1.807) is 12.1 Å². The number of halogens is 3. The second kappa shape index (κ2) is 11.2. The molecule has 4 heterocycles. The molecule has 0 radical (unpaired) electrons. The number of benzene rings is 1. The third kappa shape index (κ3) is 5.76. The van der Waals surface area contributed by atoms with E-state index in [0.29, 0.717) is 34.1 Å². The molecule has 1 aliphatic heterocycles. The highest BCUT2D eigenvalue weighted by Gasteiger charge is 2.41. The molecule has 218 valence electrons. The van der Waals surface area contributed by atoms with Crippen molar-refractivity contribution in [1.82, 2.24) is 19.7 Å². The van der Waals surface area contributed by atoms with Gasteiger partial charge in [-0.25, -0.2) is 14.5 Å². The second-order valence-corrected chi connectivity index (χ2v) is 11.4. The van der Waals surface area contributed by atoms with Crippen LogP contribution in [-0.2, 0) is 17.6 Å².